The first-order valence-corrected chi connectivity index (χ1v) is 16.1. The summed E-state index contributed by atoms with van der Waals surface area (Å²) in [6.45, 7) is 2.34. The Morgan fingerprint density at radius 1 is 0.652 bits per heavy atom. The van der Waals surface area contributed by atoms with Crippen LogP contribution in [0.25, 0.3) is 39.0 Å². The number of para-hydroxylation sites is 1. The zero-order valence-electron chi connectivity index (χ0n) is 26.1. The van der Waals surface area contributed by atoms with E-state index in [0.717, 1.165) is 47.3 Å². The van der Waals surface area contributed by atoms with E-state index in [-0.39, 0.29) is 0 Å². The predicted molar refractivity (Wildman–Crippen MR) is 194 cm³/mol. The highest BCUT2D eigenvalue weighted by atomic mass is 14.9. The van der Waals surface area contributed by atoms with E-state index in [1.165, 1.54) is 39.0 Å². The van der Waals surface area contributed by atoms with Gasteiger partial charge in [0.1, 0.15) is 0 Å². The summed E-state index contributed by atoms with van der Waals surface area (Å²) in [7, 11) is 0. The van der Waals surface area contributed by atoms with Crippen LogP contribution in [0.3, 0.4) is 0 Å². The molecule has 2 nitrogen and oxygen atoms in total. The number of benzene rings is 5. The van der Waals surface area contributed by atoms with Crippen molar-refractivity contribution in [1.82, 2.24) is 0 Å². The van der Waals surface area contributed by atoms with Crippen LogP contribution < -0.4 is 5.32 Å². The maximum atomic E-state index is 9.57. The lowest BCUT2D eigenvalue weighted by Gasteiger charge is -2.23. The third-order valence-corrected chi connectivity index (χ3v) is 8.99. The molecule has 0 heterocycles. The molecule has 0 aromatic heterocycles. The first-order chi connectivity index (χ1) is 22.6. The van der Waals surface area contributed by atoms with Crippen molar-refractivity contribution in [3.8, 4) is 28.3 Å². The highest BCUT2D eigenvalue weighted by Gasteiger charge is 2.19. The second-order valence-corrected chi connectivity index (χ2v) is 12.2. The van der Waals surface area contributed by atoms with Crippen molar-refractivity contribution in [2.24, 2.45) is 5.92 Å². The molecule has 1 atom stereocenters. The molecular weight excluding hydrogens is 556 g/mol. The molecule has 1 unspecified atom stereocenters. The standard InChI is InChI=1S/C44H36N2/c1-31-25-38(22-24-42(31)39-17-9-13-34(28-39)33-11-4-2-5-12-33)36-15-8-14-35(27-36)37-16-10-18-40(29-37)43-23-21-32(30-45)26-44(43)46-41-19-6-3-7-20-41/h3-4,6-24,26-29,31,46H,2,5,25H2,1H3. The maximum Gasteiger partial charge on any atom is 0.0992 e. The van der Waals surface area contributed by atoms with Crippen molar-refractivity contribution in [2.45, 2.75) is 26.2 Å². The molecule has 5 aromatic carbocycles. The summed E-state index contributed by atoms with van der Waals surface area (Å²) in [5.41, 5.74) is 15.0. The van der Waals surface area contributed by atoms with E-state index < -0.39 is 0 Å². The van der Waals surface area contributed by atoms with Gasteiger partial charge in [0.25, 0.3) is 0 Å². The van der Waals surface area contributed by atoms with Gasteiger partial charge < -0.3 is 5.32 Å². The molecule has 0 bridgehead atoms. The van der Waals surface area contributed by atoms with Gasteiger partial charge in [0.15, 0.2) is 0 Å². The Kier molecular flexibility index (Phi) is 8.31. The molecule has 0 fully saturated rings. The van der Waals surface area contributed by atoms with E-state index in [0.29, 0.717) is 11.5 Å². The molecule has 222 valence electrons. The van der Waals surface area contributed by atoms with Gasteiger partial charge in [0, 0.05) is 16.9 Å². The van der Waals surface area contributed by atoms with Gasteiger partial charge in [-0.25, -0.2) is 0 Å². The van der Waals surface area contributed by atoms with Crippen LogP contribution in [-0.4, -0.2) is 0 Å². The molecule has 46 heavy (non-hydrogen) atoms. The Hall–Kier alpha value is -5.65. The monoisotopic (exact) mass is 592 g/mol. The highest BCUT2D eigenvalue weighted by Crippen LogP contribution is 2.39. The number of allylic oxidation sites excluding steroid dienone is 8. The minimum absolute atomic E-state index is 0.421. The molecule has 0 saturated heterocycles. The van der Waals surface area contributed by atoms with Crippen LogP contribution >= 0.6 is 0 Å². The molecule has 5 aromatic rings. The summed E-state index contributed by atoms with van der Waals surface area (Å²) in [6, 6.07) is 44.8. The van der Waals surface area contributed by atoms with E-state index in [2.05, 4.69) is 121 Å². The normalized spacial score (nSPS) is 15.7. The Morgan fingerprint density at radius 3 is 2.09 bits per heavy atom. The Bertz CT molecular complexity index is 2070. The average molecular weight is 593 g/mol. The molecule has 2 aliphatic rings. The zero-order valence-corrected chi connectivity index (χ0v) is 26.1. The van der Waals surface area contributed by atoms with Crippen molar-refractivity contribution < 1.29 is 0 Å². The van der Waals surface area contributed by atoms with Gasteiger partial charge in [0.05, 0.1) is 11.6 Å². The van der Waals surface area contributed by atoms with Crippen LogP contribution in [0.4, 0.5) is 11.4 Å². The molecule has 0 saturated carbocycles. The first kappa shape index (κ1) is 29.1. The fraction of sp³-hybridized carbons (Fsp3) is 0.114. The van der Waals surface area contributed by atoms with Crippen LogP contribution in [0.15, 0.2) is 152 Å². The maximum absolute atomic E-state index is 9.57. The number of nitrogens with zero attached hydrogens (tertiary/aromatic N) is 1. The molecule has 0 radical (unpaired) electrons. The summed E-state index contributed by atoms with van der Waals surface area (Å²) >= 11 is 0. The lowest BCUT2D eigenvalue weighted by atomic mass is 9.81. The molecule has 1 N–H and O–H groups in total. The lowest BCUT2D eigenvalue weighted by molar-refractivity contribution is 0.771. The fourth-order valence-electron chi connectivity index (χ4n) is 6.57. The number of rotatable bonds is 7. The van der Waals surface area contributed by atoms with Crippen molar-refractivity contribution in [3.05, 3.63) is 174 Å². The van der Waals surface area contributed by atoms with Crippen LogP contribution in [0.2, 0.25) is 0 Å². The van der Waals surface area contributed by atoms with Gasteiger partial charge in [-0.1, -0.05) is 116 Å². The SMILES string of the molecule is CC1CC(c2cccc(-c3cccc(-c4ccc(C#N)cc4Nc4ccccc4)c3)c2)=CC=C1c1cccc(C2=CCCC=C2)c1. The third-order valence-electron chi connectivity index (χ3n) is 8.99. The van der Waals surface area contributed by atoms with Gasteiger partial charge in [0.2, 0.25) is 0 Å². The topological polar surface area (TPSA) is 35.8 Å². The van der Waals surface area contributed by atoms with E-state index in [4.69, 9.17) is 0 Å². The summed E-state index contributed by atoms with van der Waals surface area (Å²) in [6.07, 6.45) is 14.8. The lowest BCUT2D eigenvalue weighted by Crippen LogP contribution is -2.05. The minimum atomic E-state index is 0.421. The van der Waals surface area contributed by atoms with Crippen molar-refractivity contribution >= 4 is 28.1 Å². The summed E-state index contributed by atoms with van der Waals surface area (Å²) in [4.78, 5) is 0. The number of hydrogen-bond acceptors (Lipinski definition) is 2. The van der Waals surface area contributed by atoms with Crippen LogP contribution in [0.1, 0.15) is 48.4 Å². The van der Waals surface area contributed by atoms with Crippen molar-refractivity contribution in [2.75, 3.05) is 5.32 Å². The van der Waals surface area contributed by atoms with E-state index in [1.54, 1.807) is 0 Å². The second kappa shape index (κ2) is 13.1. The van der Waals surface area contributed by atoms with Crippen molar-refractivity contribution in [3.63, 3.8) is 0 Å². The van der Waals surface area contributed by atoms with E-state index in [9.17, 15) is 5.26 Å². The first-order valence-electron chi connectivity index (χ1n) is 16.1. The number of nitrogens with one attached hydrogen (secondary N) is 1. The molecule has 0 aliphatic heterocycles. The molecule has 0 spiro atoms. The molecule has 2 aliphatic carbocycles. The smallest absolute Gasteiger partial charge is 0.0992 e. The summed E-state index contributed by atoms with van der Waals surface area (Å²) in [5, 5.41) is 13.1. The average Bonchev–Trinajstić information content (AvgIpc) is 3.12. The molecule has 2 heteroatoms. The van der Waals surface area contributed by atoms with Crippen LogP contribution in [0, 0.1) is 17.2 Å². The number of nitriles is 1. The van der Waals surface area contributed by atoms with Crippen LogP contribution in [0.5, 0.6) is 0 Å². The quantitative estimate of drug-likeness (QED) is 0.204. The van der Waals surface area contributed by atoms with Crippen LogP contribution in [-0.2, 0) is 0 Å². The zero-order chi connectivity index (χ0) is 31.3. The Balaban J connectivity index is 1.17. The Labute approximate surface area is 272 Å². The molecular formula is C44H36N2. The fourth-order valence-corrected chi connectivity index (χ4v) is 6.57. The van der Waals surface area contributed by atoms with Gasteiger partial charge in [-0.05, 0) is 118 Å². The number of anilines is 2. The summed E-state index contributed by atoms with van der Waals surface area (Å²) in [5.74, 6) is 0.421. The van der Waals surface area contributed by atoms with E-state index >= 15 is 0 Å². The highest BCUT2D eigenvalue weighted by molar-refractivity contribution is 5.86. The van der Waals surface area contributed by atoms with Gasteiger partial charge in [-0.3, -0.25) is 0 Å². The van der Waals surface area contributed by atoms with E-state index in [1.807, 2.05) is 48.5 Å². The second-order valence-electron chi connectivity index (χ2n) is 12.2. The Morgan fingerprint density at radius 2 is 1.35 bits per heavy atom. The largest absolute Gasteiger partial charge is 0.355 e. The van der Waals surface area contributed by atoms with Crippen molar-refractivity contribution in [1.29, 1.82) is 5.26 Å². The molecule has 0 amide bonds. The molecule has 7 rings (SSSR count). The van der Waals surface area contributed by atoms with Gasteiger partial charge in [-0.15, -0.1) is 0 Å². The third kappa shape index (κ3) is 6.27. The minimum Gasteiger partial charge on any atom is -0.355 e. The summed E-state index contributed by atoms with van der Waals surface area (Å²) < 4.78 is 0. The predicted octanol–water partition coefficient (Wildman–Crippen LogP) is 11.9. The van der Waals surface area contributed by atoms with Gasteiger partial charge >= 0.3 is 0 Å². The van der Waals surface area contributed by atoms with Gasteiger partial charge in [-0.2, -0.15) is 5.26 Å². The number of hydrogen-bond donors (Lipinski definition) is 1.